The number of carbonyl (C=O) groups is 3. The maximum absolute atomic E-state index is 12.9. The molecule has 0 rings (SSSR count). The predicted octanol–water partition coefficient (Wildman–Crippen LogP) is 21.1. The van der Waals surface area contributed by atoms with E-state index in [2.05, 4.69) is 106 Å². The number of hydrogen-bond acceptors (Lipinski definition) is 6. The highest BCUT2D eigenvalue weighted by Crippen LogP contribution is 2.17. The average Bonchev–Trinajstić information content (AvgIpc) is 3.39. The SMILES string of the molecule is CC/C=C\C/C=C\C/C=C\C/C=C\CCCCCCCCC(=O)OCC(COC(=O)CCCCCCCCC/C=C\C/C=C\C/C=C\CC)OC(=O)CCCCCCCCCCCCCCCCCCCCC. The summed E-state index contributed by atoms with van der Waals surface area (Å²) < 4.78 is 16.9. The van der Waals surface area contributed by atoms with Gasteiger partial charge in [0.2, 0.25) is 0 Å². The van der Waals surface area contributed by atoms with E-state index in [0.717, 1.165) is 116 Å². The summed E-state index contributed by atoms with van der Waals surface area (Å²) in [4.78, 5) is 38.3. The average molecular weight is 1020 g/mol. The van der Waals surface area contributed by atoms with Crippen LogP contribution >= 0.6 is 0 Å². The summed E-state index contributed by atoms with van der Waals surface area (Å²) in [6.07, 6.45) is 80.1. The van der Waals surface area contributed by atoms with Crippen molar-refractivity contribution in [2.24, 2.45) is 0 Å². The topological polar surface area (TPSA) is 78.9 Å². The first kappa shape index (κ1) is 69.6. The highest BCUT2D eigenvalue weighted by molar-refractivity contribution is 5.71. The maximum Gasteiger partial charge on any atom is 0.306 e. The zero-order chi connectivity index (χ0) is 52.9. The Morgan fingerprint density at radius 1 is 0.288 bits per heavy atom. The summed E-state index contributed by atoms with van der Waals surface area (Å²) >= 11 is 0. The maximum atomic E-state index is 12.9. The fraction of sp³-hybridized carbons (Fsp3) is 0.746. The summed E-state index contributed by atoms with van der Waals surface area (Å²) in [5, 5.41) is 0. The van der Waals surface area contributed by atoms with E-state index < -0.39 is 6.10 Å². The van der Waals surface area contributed by atoms with Crippen LogP contribution < -0.4 is 0 Å². The lowest BCUT2D eigenvalue weighted by Gasteiger charge is -2.18. The highest BCUT2D eigenvalue weighted by atomic mass is 16.6. The minimum Gasteiger partial charge on any atom is -0.462 e. The lowest BCUT2D eigenvalue weighted by Crippen LogP contribution is -2.30. The molecule has 0 bridgehead atoms. The van der Waals surface area contributed by atoms with E-state index in [1.165, 1.54) is 148 Å². The van der Waals surface area contributed by atoms with Crippen LogP contribution in [0.5, 0.6) is 0 Å². The molecule has 0 aliphatic carbocycles. The molecule has 0 N–H and O–H groups in total. The molecule has 0 aliphatic rings. The molecule has 6 nitrogen and oxygen atoms in total. The number of unbranched alkanes of at least 4 members (excludes halogenated alkanes) is 31. The van der Waals surface area contributed by atoms with Crippen molar-refractivity contribution < 1.29 is 28.6 Å². The van der Waals surface area contributed by atoms with Crippen molar-refractivity contribution in [3.05, 3.63) is 85.1 Å². The predicted molar refractivity (Wildman–Crippen MR) is 316 cm³/mol. The molecule has 0 aromatic rings. The minimum absolute atomic E-state index is 0.0843. The van der Waals surface area contributed by atoms with Crippen molar-refractivity contribution in [3.63, 3.8) is 0 Å². The van der Waals surface area contributed by atoms with E-state index in [1.807, 2.05) is 0 Å². The third-order valence-corrected chi connectivity index (χ3v) is 13.4. The van der Waals surface area contributed by atoms with Crippen LogP contribution in [0.3, 0.4) is 0 Å². The van der Waals surface area contributed by atoms with Gasteiger partial charge in [-0.15, -0.1) is 0 Å². The molecule has 0 heterocycles. The summed E-state index contributed by atoms with van der Waals surface area (Å²) in [5.74, 6) is -0.894. The molecule has 420 valence electrons. The first-order valence-electron chi connectivity index (χ1n) is 31.1. The fourth-order valence-electron chi connectivity index (χ4n) is 8.80. The Morgan fingerprint density at radius 2 is 0.534 bits per heavy atom. The Kier molecular flexibility index (Phi) is 58.3. The normalized spacial score (nSPS) is 12.6. The van der Waals surface area contributed by atoms with Crippen LogP contribution in [0, 0.1) is 0 Å². The highest BCUT2D eigenvalue weighted by Gasteiger charge is 2.19. The number of allylic oxidation sites excluding steroid dienone is 14. The second-order valence-corrected chi connectivity index (χ2v) is 20.6. The zero-order valence-corrected chi connectivity index (χ0v) is 48.1. The van der Waals surface area contributed by atoms with Crippen LogP contribution in [0.4, 0.5) is 0 Å². The van der Waals surface area contributed by atoms with Crippen molar-refractivity contribution in [1.82, 2.24) is 0 Å². The van der Waals surface area contributed by atoms with E-state index in [1.54, 1.807) is 0 Å². The van der Waals surface area contributed by atoms with Crippen molar-refractivity contribution in [2.75, 3.05) is 13.2 Å². The van der Waals surface area contributed by atoms with Crippen LogP contribution in [0.1, 0.15) is 303 Å². The van der Waals surface area contributed by atoms with Gasteiger partial charge in [0, 0.05) is 19.3 Å². The molecule has 0 aliphatic heterocycles. The molecule has 1 unspecified atom stereocenters. The number of rotatable bonds is 56. The van der Waals surface area contributed by atoms with Gasteiger partial charge in [0.25, 0.3) is 0 Å². The summed E-state index contributed by atoms with van der Waals surface area (Å²) in [6.45, 7) is 6.43. The van der Waals surface area contributed by atoms with Crippen LogP contribution in [0.25, 0.3) is 0 Å². The van der Waals surface area contributed by atoms with Crippen LogP contribution in [0.2, 0.25) is 0 Å². The van der Waals surface area contributed by atoms with E-state index in [9.17, 15) is 14.4 Å². The van der Waals surface area contributed by atoms with Gasteiger partial charge in [0.1, 0.15) is 13.2 Å². The van der Waals surface area contributed by atoms with Crippen molar-refractivity contribution in [3.8, 4) is 0 Å². The lowest BCUT2D eigenvalue weighted by molar-refractivity contribution is -0.167. The van der Waals surface area contributed by atoms with Crippen molar-refractivity contribution in [2.45, 2.75) is 309 Å². The Labute approximate surface area is 452 Å². The monoisotopic (exact) mass is 1020 g/mol. The smallest absolute Gasteiger partial charge is 0.306 e. The quantitative estimate of drug-likeness (QED) is 0.0261. The van der Waals surface area contributed by atoms with Crippen molar-refractivity contribution >= 4 is 17.9 Å². The second kappa shape index (κ2) is 61.1. The largest absolute Gasteiger partial charge is 0.462 e. The fourth-order valence-corrected chi connectivity index (χ4v) is 8.80. The van der Waals surface area contributed by atoms with Crippen LogP contribution in [-0.4, -0.2) is 37.2 Å². The molecule has 0 fully saturated rings. The summed E-state index contributed by atoms with van der Waals surface area (Å²) in [6, 6.07) is 0. The first-order chi connectivity index (χ1) is 36.0. The Bertz CT molecular complexity index is 1400. The molecule has 0 amide bonds. The van der Waals surface area contributed by atoms with Crippen LogP contribution in [-0.2, 0) is 28.6 Å². The van der Waals surface area contributed by atoms with E-state index in [4.69, 9.17) is 14.2 Å². The Hall–Kier alpha value is -3.41. The summed E-state index contributed by atoms with van der Waals surface area (Å²) in [7, 11) is 0. The molecule has 0 aromatic heterocycles. The van der Waals surface area contributed by atoms with Crippen molar-refractivity contribution in [1.29, 1.82) is 0 Å². The second-order valence-electron chi connectivity index (χ2n) is 20.6. The Balaban J connectivity index is 4.40. The number of carbonyl (C=O) groups excluding carboxylic acids is 3. The molecule has 6 heteroatoms. The molecule has 1 atom stereocenters. The molecule has 0 radical (unpaired) electrons. The van der Waals surface area contributed by atoms with Gasteiger partial charge in [0.05, 0.1) is 0 Å². The van der Waals surface area contributed by atoms with Gasteiger partial charge >= 0.3 is 17.9 Å². The molecule has 73 heavy (non-hydrogen) atoms. The van der Waals surface area contributed by atoms with Gasteiger partial charge in [-0.1, -0.05) is 279 Å². The third kappa shape index (κ3) is 59.3. The van der Waals surface area contributed by atoms with E-state index in [-0.39, 0.29) is 31.1 Å². The van der Waals surface area contributed by atoms with Crippen LogP contribution in [0.15, 0.2) is 85.1 Å². The van der Waals surface area contributed by atoms with E-state index in [0.29, 0.717) is 19.3 Å². The minimum atomic E-state index is -0.787. The molecule has 0 spiro atoms. The van der Waals surface area contributed by atoms with Gasteiger partial charge in [-0.2, -0.15) is 0 Å². The van der Waals surface area contributed by atoms with Gasteiger partial charge in [0.15, 0.2) is 6.10 Å². The van der Waals surface area contributed by atoms with Gasteiger partial charge in [-0.05, 0) is 89.9 Å². The number of esters is 3. The van der Waals surface area contributed by atoms with Gasteiger partial charge in [-0.3, -0.25) is 14.4 Å². The lowest BCUT2D eigenvalue weighted by atomic mass is 10.0. The standard InChI is InChI=1S/C67H116O6/c1-4-7-10-13-16-19-22-25-28-31-33-36-39-42-45-48-51-54-57-60-66(69)72-63-64(62-71-65(68)59-56-53-50-47-44-41-38-35-30-27-24-21-18-15-12-9-6-3)73-67(70)61-58-55-52-49-46-43-40-37-34-32-29-26-23-20-17-14-11-8-5-2/h7,9-10,12,16,18-19,21,25,27-28,30,33,36,64H,4-6,8,11,13-15,17,20,22-24,26,29,31-32,34-35,37-63H2,1-3H3/b10-7-,12-9-,19-16-,21-18-,28-25-,30-27-,36-33-. The number of ether oxygens (including phenoxy) is 3. The van der Waals surface area contributed by atoms with Gasteiger partial charge < -0.3 is 14.2 Å². The zero-order valence-electron chi connectivity index (χ0n) is 48.1. The molecular weight excluding hydrogens is 901 g/mol. The molecule has 0 aromatic carbocycles. The Morgan fingerprint density at radius 3 is 0.836 bits per heavy atom. The first-order valence-corrected chi connectivity index (χ1v) is 31.1. The molecule has 0 saturated carbocycles. The number of hydrogen-bond donors (Lipinski definition) is 0. The molecule has 0 saturated heterocycles. The third-order valence-electron chi connectivity index (χ3n) is 13.4. The summed E-state index contributed by atoms with van der Waals surface area (Å²) in [5.41, 5.74) is 0. The van der Waals surface area contributed by atoms with Gasteiger partial charge in [-0.25, -0.2) is 0 Å². The van der Waals surface area contributed by atoms with E-state index >= 15 is 0 Å². The molecular formula is C67H116O6.